The maximum absolute atomic E-state index is 5.89. The molecule has 1 saturated carbocycles. The molecule has 3 heteroatoms. The molecule has 1 aliphatic heterocycles. The van der Waals surface area contributed by atoms with Gasteiger partial charge in [0.2, 0.25) is 0 Å². The number of fused-ring (bicyclic) bond motifs is 1. The van der Waals surface area contributed by atoms with Gasteiger partial charge in [-0.05, 0) is 44.7 Å². The second-order valence-electron chi connectivity index (χ2n) is 6.53. The zero-order valence-corrected chi connectivity index (χ0v) is 13.4. The Hall–Kier alpha value is -1.22. The van der Waals surface area contributed by atoms with Crippen molar-refractivity contribution in [3.05, 3.63) is 23.3 Å². The van der Waals surface area contributed by atoms with Crippen LogP contribution in [-0.2, 0) is 13.0 Å². The van der Waals surface area contributed by atoms with E-state index in [1.165, 1.54) is 30.4 Å². The van der Waals surface area contributed by atoms with Crippen LogP contribution >= 0.6 is 0 Å². The summed E-state index contributed by atoms with van der Waals surface area (Å²) in [5.41, 5.74) is 2.51. The molecule has 1 fully saturated rings. The van der Waals surface area contributed by atoms with Gasteiger partial charge in [-0.2, -0.15) is 0 Å². The van der Waals surface area contributed by atoms with Crippen molar-refractivity contribution in [3.8, 4) is 11.5 Å². The molecule has 0 saturated heterocycles. The first-order valence-corrected chi connectivity index (χ1v) is 8.36. The maximum Gasteiger partial charge on any atom is 0.124 e. The van der Waals surface area contributed by atoms with Crippen molar-refractivity contribution in [1.29, 1.82) is 0 Å². The van der Waals surface area contributed by atoms with Crippen molar-refractivity contribution in [1.82, 2.24) is 5.32 Å². The van der Waals surface area contributed by atoms with Gasteiger partial charge in [-0.1, -0.05) is 13.3 Å². The highest BCUT2D eigenvalue weighted by Gasteiger charge is 2.25. The molecule has 1 aromatic rings. The van der Waals surface area contributed by atoms with Gasteiger partial charge in [-0.15, -0.1) is 0 Å². The van der Waals surface area contributed by atoms with Crippen molar-refractivity contribution in [2.24, 2.45) is 5.92 Å². The van der Waals surface area contributed by atoms with Crippen LogP contribution in [-0.4, -0.2) is 18.8 Å². The van der Waals surface area contributed by atoms with E-state index in [1.807, 2.05) is 6.92 Å². The average molecular weight is 289 g/mol. The fourth-order valence-corrected chi connectivity index (χ4v) is 3.60. The average Bonchev–Trinajstić information content (AvgIpc) is 3.01. The van der Waals surface area contributed by atoms with Crippen LogP contribution in [0.1, 0.15) is 51.2 Å². The minimum Gasteiger partial charge on any atom is -0.494 e. The van der Waals surface area contributed by atoms with Gasteiger partial charge >= 0.3 is 0 Å². The molecule has 1 aromatic carbocycles. The Bertz CT molecular complexity index is 500. The Morgan fingerprint density at radius 2 is 2.14 bits per heavy atom. The Labute approximate surface area is 128 Å². The molecule has 1 aliphatic carbocycles. The first kappa shape index (κ1) is 14.7. The molecule has 0 spiro atoms. The largest absolute Gasteiger partial charge is 0.494 e. The summed E-state index contributed by atoms with van der Waals surface area (Å²) in [5.74, 6) is 2.85. The van der Waals surface area contributed by atoms with Crippen LogP contribution < -0.4 is 14.8 Å². The predicted molar refractivity (Wildman–Crippen MR) is 85.0 cm³/mol. The molecule has 1 N–H and O–H groups in total. The van der Waals surface area contributed by atoms with E-state index >= 15 is 0 Å². The molecule has 3 unspecified atom stereocenters. The summed E-state index contributed by atoms with van der Waals surface area (Å²) < 4.78 is 11.7. The van der Waals surface area contributed by atoms with Gasteiger partial charge in [0.15, 0.2) is 0 Å². The number of hydrogen-bond donors (Lipinski definition) is 1. The summed E-state index contributed by atoms with van der Waals surface area (Å²) in [5, 5.41) is 3.71. The van der Waals surface area contributed by atoms with Gasteiger partial charge in [-0.3, -0.25) is 0 Å². The normalized spacial score (nSPS) is 27.5. The Morgan fingerprint density at radius 3 is 2.86 bits per heavy atom. The summed E-state index contributed by atoms with van der Waals surface area (Å²) in [6, 6.07) is 5.00. The second kappa shape index (κ2) is 6.27. The smallest absolute Gasteiger partial charge is 0.124 e. The van der Waals surface area contributed by atoms with Gasteiger partial charge in [0.25, 0.3) is 0 Å². The van der Waals surface area contributed by atoms with E-state index in [2.05, 4.69) is 31.3 Å². The number of hydrogen-bond acceptors (Lipinski definition) is 3. The fourth-order valence-electron chi connectivity index (χ4n) is 3.60. The predicted octanol–water partition coefficient (Wildman–Crippen LogP) is 3.69. The Morgan fingerprint density at radius 1 is 1.29 bits per heavy atom. The highest BCUT2D eigenvalue weighted by Crippen LogP contribution is 2.35. The molecule has 0 radical (unpaired) electrons. The molecule has 3 atom stereocenters. The van der Waals surface area contributed by atoms with Gasteiger partial charge in [0.1, 0.15) is 17.6 Å². The molecular formula is C18H27NO2. The molecule has 116 valence electrons. The van der Waals surface area contributed by atoms with Gasteiger partial charge in [0.05, 0.1) is 6.61 Å². The van der Waals surface area contributed by atoms with Gasteiger partial charge < -0.3 is 14.8 Å². The molecule has 0 aromatic heterocycles. The lowest BCUT2D eigenvalue weighted by Gasteiger charge is -2.19. The van der Waals surface area contributed by atoms with Crippen molar-refractivity contribution < 1.29 is 9.47 Å². The molecule has 0 amide bonds. The van der Waals surface area contributed by atoms with Crippen molar-refractivity contribution in [3.63, 3.8) is 0 Å². The molecule has 3 rings (SSSR count). The van der Waals surface area contributed by atoms with Gasteiger partial charge in [-0.25, -0.2) is 0 Å². The van der Waals surface area contributed by atoms with Crippen LogP contribution in [0.15, 0.2) is 12.1 Å². The van der Waals surface area contributed by atoms with E-state index in [0.29, 0.717) is 12.6 Å². The summed E-state index contributed by atoms with van der Waals surface area (Å²) in [6.45, 7) is 8.10. The van der Waals surface area contributed by atoms with E-state index in [0.717, 1.165) is 30.4 Å². The molecule has 21 heavy (non-hydrogen) atoms. The van der Waals surface area contributed by atoms with Crippen LogP contribution in [0.2, 0.25) is 0 Å². The number of nitrogens with one attached hydrogen (secondary N) is 1. The summed E-state index contributed by atoms with van der Waals surface area (Å²) >= 11 is 0. The first-order valence-electron chi connectivity index (χ1n) is 8.36. The van der Waals surface area contributed by atoms with E-state index in [4.69, 9.17) is 9.47 Å². The standard InChI is InChI=1S/C18H27NO2/c1-4-20-17-9-14-8-13(3)21-18(14)10-15(17)11-19-16-7-5-6-12(16)2/h9-10,12-13,16,19H,4-8,11H2,1-3H3. The number of ether oxygens (including phenoxy) is 2. The Balaban J connectivity index is 1.75. The van der Waals surface area contributed by atoms with Crippen molar-refractivity contribution in [2.75, 3.05) is 6.61 Å². The second-order valence-corrected chi connectivity index (χ2v) is 6.53. The van der Waals surface area contributed by atoms with E-state index in [1.54, 1.807) is 0 Å². The van der Waals surface area contributed by atoms with Crippen LogP contribution in [0.25, 0.3) is 0 Å². The molecule has 1 heterocycles. The highest BCUT2D eigenvalue weighted by atomic mass is 16.5. The lowest BCUT2D eigenvalue weighted by atomic mass is 10.0. The van der Waals surface area contributed by atoms with Crippen LogP contribution in [0.5, 0.6) is 11.5 Å². The zero-order valence-electron chi connectivity index (χ0n) is 13.4. The number of rotatable bonds is 5. The lowest BCUT2D eigenvalue weighted by molar-refractivity contribution is 0.254. The molecule has 3 nitrogen and oxygen atoms in total. The quantitative estimate of drug-likeness (QED) is 0.897. The van der Waals surface area contributed by atoms with E-state index in [-0.39, 0.29) is 6.10 Å². The Kier molecular flexibility index (Phi) is 4.39. The zero-order chi connectivity index (χ0) is 14.8. The minimum atomic E-state index is 0.285. The monoisotopic (exact) mass is 289 g/mol. The lowest BCUT2D eigenvalue weighted by Crippen LogP contribution is -2.30. The number of benzene rings is 1. The molecular weight excluding hydrogens is 262 g/mol. The third-order valence-electron chi connectivity index (χ3n) is 4.80. The van der Waals surface area contributed by atoms with Gasteiger partial charge in [0, 0.05) is 30.1 Å². The third-order valence-corrected chi connectivity index (χ3v) is 4.80. The SMILES string of the molecule is CCOc1cc2c(cc1CNC1CCCC1C)OC(C)C2. The van der Waals surface area contributed by atoms with Crippen molar-refractivity contribution in [2.45, 2.75) is 65.1 Å². The van der Waals surface area contributed by atoms with Crippen LogP contribution in [0.3, 0.4) is 0 Å². The third kappa shape index (κ3) is 3.18. The topological polar surface area (TPSA) is 30.5 Å². The fraction of sp³-hybridized carbons (Fsp3) is 0.667. The summed E-state index contributed by atoms with van der Waals surface area (Å²) in [4.78, 5) is 0. The summed E-state index contributed by atoms with van der Waals surface area (Å²) in [7, 11) is 0. The maximum atomic E-state index is 5.89. The van der Waals surface area contributed by atoms with Crippen molar-refractivity contribution >= 4 is 0 Å². The summed E-state index contributed by atoms with van der Waals surface area (Å²) in [6.07, 6.45) is 5.27. The van der Waals surface area contributed by atoms with E-state index < -0.39 is 0 Å². The molecule has 0 bridgehead atoms. The van der Waals surface area contributed by atoms with Crippen LogP contribution in [0.4, 0.5) is 0 Å². The van der Waals surface area contributed by atoms with Crippen LogP contribution in [0, 0.1) is 5.92 Å². The first-order chi connectivity index (χ1) is 10.2. The highest BCUT2D eigenvalue weighted by molar-refractivity contribution is 5.48. The minimum absolute atomic E-state index is 0.285. The molecule has 2 aliphatic rings. The van der Waals surface area contributed by atoms with E-state index in [9.17, 15) is 0 Å².